The molecule has 6 heteroatoms. The average Bonchev–Trinajstić information content (AvgIpc) is 2.92. The van der Waals surface area contributed by atoms with Crippen molar-refractivity contribution in [1.29, 1.82) is 0 Å². The Kier molecular flexibility index (Phi) is 3.65. The summed E-state index contributed by atoms with van der Waals surface area (Å²) in [4.78, 5) is 26.3. The van der Waals surface area contributed by atoms with Gasteiger partial charge in [0.25, 0.3) is 0 Å². The molecule has 0 radical (unpaired) electrons. The minimum Gasteiger partial charge on any atom is -0.495 e. The maximum absolute atomic E-state index is 11.8. The number of aromatic nitrogens is 1. The summed E-state index contributed by atoms with van der Waals surface area (Å²) in [6.07, 6.45) is 0. The van der Waals surface area contributed by atoms with Gasteiger partial charge in [-0.2, -0.15) is 0 Å². The molecule has 1 heterocycles. The maximum Gasteiger partial charge on any atom is 0.354 e. The Morgan fingerprint density at radius 3 is 2.25 bits per heavy atom. The molecule has 0 amide bonds. The number of carbonyl (C=O) groups excluding carboxylic acids is 2. The Labute approximate surface area is 115 Å². The van der Waals surface area contributed by atoms with E-state index in [4.69, 9.17) is 9.47 Å². The van der Waals surface area contributed by atoms with E-state index in [1.807, 2.05) is 0 Å². The van der Waals surface area contributed by atoms with Crippen LogP contribution >= 0.6 is 0 Å². The number of nitrogens with one attached hydrogen (secondary N) is 1. The number of hydrogen-bond acceptors (Lipinski definition) is 5. The minimum absolute atomic E-state index is 0.297. The van der Waals surface area contributed by atoms with Crippen molar-refractivity contribution in [2.75, 3.05) is 21.3 Å². The molecule has 1 aromatic heterocycles. The number of rotatable bonds is 3. The van der Waals surface area contributed by atoms with Crippen LogP contribution in [0.2, 0.25) is 0 Å². The van der Waals surface area contributed by atoms with Gasteiger partial charge >= 0.3 is 11.9 Å². The number of methoxy groups -OCH3 is 3. The number of aryl methyl sites for hydroxylation is 1. The smallest absolute Gasteiger partial charge is 0.354 e. The zero-order valence-corrected chi connectivity index (χ0v) is 11.7. The molecular formula is C14H15NO5. The summed E-state index contributed by atoms with van der Waals surface area (Å²) in [5.41, 5.74) is 2.04. The molecule has 2 rings (SSSR count). The molecule has 1 N–H and O–H groups in total. The van der Waals surface area contributed by atoms with Crippen LogP contribution in [0.15, 0.2) is 12.1 Å². The standard InChI is InChI=1S/C14H15NO5/c1-7-8-5-10(14(17)20-4)15-12(8)11(18-2)6-9(7)13(16)19-3/h5-6,15H,1-4H3. The van der Waals surface area contributed by atoms with Gasteiger partial charge in [0.05, 0.1) is 32.4 Å². The molecule has 0 aliphatic carbocycles. The lowest BCUT2D eigenvalue weighted by atomic mass is 10.0. The first-order valence-electron chi connectivity index (χ1n) is 5.90. The first-order chi connectivity index (χ1) is 9.53. The first-order valence-corrected chi connectivity index (χ1v) is 5.90. The van der Waals surface area contributed by atoms with Crippen molar-refractivity contribution < 1.29 is 23.8 Å². The van der Waals surface area contributed by atoms with Gasteiger partial charge in [-0.1, -0.05) is 0 Å². The van der Waals surface area contributed by atoms with E-state index in [1.54, 1.807) is 19.1 Å². The number of ether oxygens (including phenoxy) is 3. The van der Waals surface area contributed by atoms with Crippen LogP contribution in [-0.2, 0) is 9.47 Å². The summed E-state index contributed by atoms with van der Waals surface area (Å²) < 4.78 is 14.7. The molecule has 1 aromatic carbocycles. The summed E-state index contributed by atoms with van der Waals surface area (Å²) in [6, 6.07) is 3.21. The van der Waals surface area contributed by atoms with E-state index in [1.165, 1.54) is 21.3 Å². The normalized spacial score (nSPS) is 10.4. The SMILES string of the molecule is COC(=O)c1cc2c(C)c(C(=O)OC)cc(OC)c2[nH]1. The molecule has 106 valence electrons. The molecule has 0 saturated carbocycles. The van der Waals surface area contributed by atoms with Gasteiger partial charge < -0.3 is 19.2 Å². The number of fused-ring (bicyclic) bond motifs is 1. The fourth-order valence-corrected chi connectivity index (χ4v) is 2.10. The Bertz CT molecular complexity index is 686. The van der Waals surface area contributed by atoms with Crippen molar-refractivity contribution in [3.8, 4) is 5.75 Å². The predicted molar refractivity (Wildman–Crippen MR) is 72.3 cm³/mol. The van der Waals surface area contributed by atoms with E-state index < -0.39 is 11.9 Å². The fraction of sp³-hybridized carbons (Fsp3) is 0.286. The van der Waals surface area contributed by atoms with Gasteiger partial charge in [-0.15, -0.1) is 0 Å². The summed E-state index contributed by atoms with van der Waals surface area (Å²) in [5, 5.41) is 0.713. The second-order valence-corrected chi connectivity index (χ2v) is 4.21. The molecule has 0 aliphatic heterocycles. The van der Waals surface area contributed by atoms with Gasteiger partial charge in [-0.25, -0.2) is 9.59 Å². The molecule has 20 heavy (non-hydrogen) atoms. The highest BCUT2D eigenvalue weighted by Gasteiger charge is 2.19. The van der Waals surface area contributed by atoms with Crippen LogP contribution in [0, 0.1) is 6.92 Å². The van der Waals surface area contributed by atoms with Gasteiger partial charge in [0, 0.05) is 5.39 Å². The van der Waals surface area contributed by atoms with E-state index in [-0.39, 0.29) is 0 Å². The fourth-order valence-electron chi connectivity index (χ4n) is 2.10. The van der Waals surface area contributed by atoms with Crippen LogP contribution in [0.4, 0.5) is 0 Å². The minimum atomic E-state index is -0.484. The highest BCUT2D eigenvalue weighted by Crippen LogP contribution is 2.32. The predicted octanol–water partition coefficient (Wildman–Crippen LogP) is 2.06. The Balaban J connectivity index is 2.74. The Morgan fingerprint density at radius 2 is 1.70 bits per heavy atom. The van der Waals surface area contributed by atoms with Gasteiger partial charge in [-0.3, -0.25) is 0 Å². The zero-order valence-electron chi connectivity index (χ0n) is 11.7. The summed E-state index contributed by atoms with van der Waals surface area (Å²) in [6.45, 7) is 1.78. The van der Waals surface area contributed by atoms with E-state index in [0.717, 1.165) is 0 Å². The van der Waals surface area contributed by atoms with Crippen LogP contribution in [0.25, 0.3) is 10.9 Å². The molecule has 0 saturated heterocycles. The Hall–Kier alpha value is -2.50. The Morgan fingerprint density at radius 1 is 1.05 bits per heavy atom. The van der Waals surface area contributed by atoms with Crippen molar-refractivity contribution in [3.63, 3.8) is 0 Å². The van der Waals surface area contributed by atoms with Crippen molar-refractivity contribution in [3.05, 3.63) is 29.0 Å². The van der Waals surface area contributed by atoms with Crippen LogP contribution < -0.4 is 4.74 Å². The molecule has 0 unspecified atom stereocenters. The molecule has 2 aromatic rings. The molecule has 0 spiro atoms. The summed E-state index contributed by atoms with van der Waals surface area (Å²) in [7, 11) is 4.11. The third-order valence-electron chi connectivity index (χ3n) is 3.18. The third kappa shape index (κ3) is 2.09. The number of aromatic amines is 1. The van der Waals surface area contributed by atoms with Crippen molar-refractivity contribution in [2.24, 2.45) is 0 Å². The average molecular weight is 277 g/mol. The lowest BCUT2D eigenvalue weighted by molar-refractivity contribution is 0.0588. The van der Waals surface area contributed by atoms with Gasteiger partial charge in [-0.05, 0) is 24.6 Å². The monoisotopic (exact) mass is 277 g/mol. The maximum atomic E-state index is 11.8. The number of esters is 2. The molecular weight excluding hydrogens is 262 g/mol. The van der Waals surface area contributed by atoms with E-state index in [2.05, 4.69) is 9.72 Å². The number of benzene rings is 1. The molecule has 6 nitrogen and oxygen atoms in total. The van der Waals surface area contributed by atoms with Gasteiger partial charge in [0.1, 0.15) is 11.4 Å². The van der Waals surface area contributed by atoms with Crippen molar-refractivity contribution in [2.45, 2.75) is 6.92 Å². The number of carbonyl (C=O) groups is 2. The van der Waals surface area contributed by atoms with Crippen LogP contribution in [0.5, 0.6) is 5.75 Å². The molecule has 0 bridgehead atoms. The summed E-state index contributed by atoms with van der Waals surface area (Å²) >= 11 is 0. The molecule has 0 fully saturated rings. The lowest BCUT2D eigenvalue weighted by Crippen LogP contribution is -2.04. The van der Waals surface area contributed by atoms with Crippen LogP contribution in [-0.4, -0.2) is 38.3 Å². The third-order valence-corrected chi connectivity index (χ3v) is 3.18. The second-order valence-electron chi connectivity index (χ2n) is 4.21. The number of hydrogen-bond donors (Lipinski definition) is 1. The quantitative estimate of drug-likeness (QED) is 0.869. The van der Waals surface area contributed by atoms with E-state index >= 15 is 0 Å². The highest BCUT2D eigenvalue weighted by atomic mass is 16.5. The van der Waals surface area contributed by atoms with Crippen LogP contribution in [0.3, 0.4) is 0 Å². The van der Waals surface area contributed by atoms with E-state index in [9.17, 15) is 9.59 Å². The van der Waals surface area contributed by atoms with Gasteiger partial charge in [0.2, 0.25) is 0 Å². The molecule has 0 atom stereocenters. The topological polar surface area (TPSA) is 77.6 Å². The van der Waals surface area contributed by atoms with Gasteiger partial charge in [0.15, 0.2) is 0 Å². The van der Waals surface area contributed by atoms with Crippen molar-refractivity contribution >= 4 is 22.8 Å². The second kappa shape index (κ2) is 5.24. The first kappa shape index (κ1) is 13.9. The summed E-state index contributed by atoms with van der Waals surface area (Å²) in [5.74, 6) is -0.480. The lowest BCUT2D eigenvalue weighted by Gasteiger charge is -2.09. The largest absolute Gasteiger partial charge is 0.495 e. The molecule has 0 aliphatic rings. The van der Waals surface area contributed by atoms with E-state index in [0.29, 0.717) is 33.5 Å². The van der Waals surface area contributed by atoms with Crippen LogP contribution in [0.1, 0.15) is 26.4 Å². The number of H-pyrrole nitrogens is 1. The van der Waals surface area contributed by atoms with Crippen molar-refractivity contribution in [1.82, 2.24) is 4.98 Å². The highest BCUT2D eigenvalue weighted by molar-refractivity contribution is 6.03. The zero-order chi connectivity index (χ0) is 14.9.